The minimum Gasteiger partial charge on any atom is -0.508 e. The van der Waals surface area contributed by atoms with E-state index in [0.29, 0.717) is 67.4 Å². The van der Waals surface area contributed by atoms with Crippen molar-refractivity contribution in [3.8, 4) is 56.4 Å². The number of fused-ring (bicyclic) bond motifs is 4. The summed E-state index contributed by atoms with van der Waals surface area (Å²) in [6.45, 7) is 5.96. The van der Waals surface area contributed by atoms with Gasteiger partial charge >= 0.3 is 11.9 Å². The fourth-order valence-corrected chi connectivity index (χ4v) is 6.54. The van der Waals surface area contributed by atoms with E-state index < -0.39 is 11.9 Å². The van der Waals surface area contributed by atoms with E-state index in [1.54, 1.807) is 42.5 Å². The number of hydrogen-bond acceptors (Lipinski definition) is 9. The summed E-state index contributed by atoms with van der Waals surface area (Å²) in [5.74, 6) is -1.60. The van der Waals surface area contributed by atoms with Gasteiger partial charge in [0.25, 0.3) is 0 Å². The number of carboxylic acids is 2. The summed E-state index contributed by atoms with van der Waals surface area (Å²) in [6, 6.07) is 27.6. The number of carbonyl (C=O) groups is 3. The molecule has 8 rings (SSSR count). The molecule has 0 fully saturated rings. The van der Waals surface area contributed by atoms with Crippen molar-refractivity contribution in [3.63, 3.8) is 0 Å². The Morgan fingerprint density at radius 1 is 0.571 bits per heavy atom. The van der Waals surface area contributed by atoms with Crippen LogP contribution in [-0.2, 0) is 6.42 Å². The molecular formula is C45H34O11. The van der Waals surface area contributed by atoms with Crippen LogP contribution >= 0.6 is 0 Å². The highest BCUT2D eigenvalue weighted by Gasteiger charge is 2.24. The molecule has 56 heavy (non-hydrogen) atoms. The molecule has 4 aliphatic rings. The van der Waals surface area contributed by atoms with E-state index in [1.165, 1.54) is 60.7 Å². The highest BCUT2D eigenvalue weighted by Crippen LogP contribution is 2.43. The lowest BCUT2D eigenvalue weighted by Gasteiger charge is -2.17. The third-order valence-electron chi connectivity index (χ3n) is 9.03. The number of hydrogen-bond donors (Lipinski definition) is 4. The molecule has 0 bridgehead atoms. The predicted octanol–water partition coefficient (Wildman–Crippen LogP) is 9.34. The number of carboxylic acid groups (broad SMARTS) is 2. The van der Waals surface area contributed by atoms with Gasteiger partial charge in [0.2, 0.25) is 0 Å². The number of phenols is 2. The SMILES string of the molecule is CC.CCc1ccc(-c2c3ccc(=O)cc-3oc3cc(O)ccc23)c(C(=O)O)c1.O=Cc1ccc(-c2c3ccc(=O)cc-3oc3cc(O)ccc23)c(C(=O)O)c1. The van der Waals surface area contributed by atoms with Crippen LogP contribution in [0, 0.1) is 0 Å². The normalized spacial score (nSPS) is 10.8. The number of carbonyl (C=O) groups excluding carboxylic acids is 1. The molecule has 4 N–H and O–H groups in total. The van der Waals surface area contributed by atoms with Crippen LogP contribution in [-0.4, -0.2) is 38.7 Å². The minimum absolute atomic E-state index is 0.0228. The van der Waals surface area contributed by atoms with Crippen LogP contribution < -0.4 is 10.9 Å². The van der Waals surface area contributed by atoms with Gasteiger partial charge in [-0.05, 0) is 83.8 Å². The highest BCUT2D eigenvalue weighted by atomic mass is 16.4. The van der Waals surface area contributed by atoms with Gasteiger partial charge in [0.15, 0.2) is 10.9 Å². The molecule has 280 valence electrons. The zero-order chi connectivity index (χ0) is 40.3. The molecule has 11 nitrogen and oxygen atoms in total. The van der Waals surface area contributed by atoms with Gasteiger partial charge in [0, 0.05) is 62.9 Å². The molecule has 0 spiro atoms. The van der Waals surface area contributed by atoms with Gasteiger partial charge in [0.05, 0.1) is 11.1 Å². The molecule has 0 unspecified atom stereocenters. The van der Waals surface area contributed by atoms with Crippen molar-refractivity contribution >= 4 is 40.2 Å². The molecule has 0 amide bonds. The summed E-state index contributed by atoms with van der Waals surface area (Å²) in [4.78, 5) is 58.3. The third kappa shape index (κ3) is 7.33. The largest absolute Gasteiger partial charge is 0.508 e. The molecule has 2 heterocycles. The Hall–Kier alpha value is -7.53. The maximum Gasteiger partial charge on any atom is 0.336 e. The summed E-state index contributed by atoms with van der Waals surface area (Å²) in [5, 5.41) is 40.2. The maximum atomic E-state index is 11.9. The molecule has 2 aliphatic carbocycles. The first kappa shape index (κ1) is 38.2. The first-order valence-corrected chi connectivity index (χ1v) is 17.5. The van der Waals surface area contributed by atoms with Gasteiger partial charge in [-0.1, -0.05) is 45.0 Å². The van der Waals surface area contributed by atoms with E-state index >= 15 is 0 Å². The fraction of sp³-hybridized carbons (Fsp3) is 0.0889. The molecule has 4 aromatic rings. The second kappa shape index (κ2) is 15.8. The number of benzene rings is 6. The Bertz CT molecular complexity index is 2860. The quantitative estimate of drug-likeness (QED) is 0.0935. The van der Waals surface area contributed by atoms with Crippen LogP contribution in [0.5, 0.6) is 11.5 Å². The zero-order valence-electron chi connectivity index (χ0n) is 30.3. The van der Waals surface area contributed by atoms with Crippen molar-refractivity contribution in [3.05, 3.63) is 152 Å². The van der Waals surface area contributed by atoms with Crippen LogP contribution in [0.15, 0.2) is 128 Å². The van der Waals surface area contributed by atoms with Crippen molar-refractivity contribution in [2.24, 2.45) is 0 Å². The molecule has 0 aromatic heterocycles. The maximum absolute atomic E-state index is 11.9. The van der Waals surface area contributed by atoms with Gasteiger partial charge in [-0.25, -0.2) is 9.59 Å². The first-order valence-electron chi connectivity index (χ1n) is 17.5. The molecule has 11 heteroatoms. The predicted molar refractivity (Wildman–Crippen MR) is 212 cm³/mol. The lowest BCUT2D eigenvalue weighted by molar-refractivity contribution is 0.0686. The summed E-state index contributed by atoms with van der Waals surface area (Å²) >= 11 is 0. The number of aromatic hydroxyl groups is 2. The van der Waals surface area contributed by atoms with Crippen molar-refractivity contribution in [2.75, 3.05) is 0 Å². The van der Waals surface area contributed by atoms with E-state index in [0.717, 1.165) is 12.0 Å². The topological polar surface area (TPSA) is 193 Å². The number of aldehydes is 1. The number of rotatable bonds is 6. The Morgan fingerprint density at radius 2 is 1.02 bits per heavy atom. The molecule has 0 saturated carbocycles. The molecular weight excluding hydrogens is 716 g/mol. The molecule has 2 aliphatic heterocycles. The zero-order valence-corrected chi connectivity index (χ0v) is 30.3. The van der Waals surface area contributed by atoms with Crippen molar-refractivity contribution < 1.29 is 43.6 Å². The van der Waals surface area contributed by atoms with Crippen LogP contribution in [0.2, 0.25) is 0 Å². The van der Waals surface area contributed by atoms with Gasteiger partial charge in [-0.3, -0.25) is 14.4 Å². The fourth-order valence-electron chi connectivity index (χ4n) is 6.54. The Morgan fingerprint density at radius 3 is 1.46 bits per heavy atom. The van der Waals surface area contributed by atoms with Crippen molar-refractivity contribution in [2.45, 2.75) is 27.2 Å². The van der Waals surface area contributed by atoms with E-state index in [9.17, 15) is 44.4 Å². The molecule has 0 atom stereocenters. The average Bonchev–Trinajstić information content (AvgIpc) is 3.19. The smallest absolute Gasteiger partial charge is 0.336 e. The van der Waals surface area contributed by atoms with Crippen LogP contribution in [0.3, 0.4) is 0 Å². The summed E-state index contributed by atoms with van der Waals surface area (Å²) < 4.78 is 11.6. The third-order valence-corrected chi connectivity index (χ3v) is 9.03. The van der Waals surface area contributed by atoms with Crippen molar-refractivity contribution in [1.29, 1.82) is 0 Å². The van der Waals surface area contributed by atoms with Crippen LogP contribution in [0.1, 0.15) is 57.4 Å². The highest BCUT2D eigenvalue weighted by molar-refractivity contribution is 6.09. The van der Waals surface area contributed by atoms with Gasteiger partial charge in [-0.15, -0.1) is 0 Å². The summed E-state index contributed by atoms with van der Waals surface area (Å²) in [7, 11) is 0. The number of aromatic carboxylic acids is 2. The van der Waals surface area contributed by atoms with E-state index in [2.05, 4.69) is 0 Å². The first-order chi connectivity index (χ1) is 26.9. The Balaban J connectivity index is 0.000000182. The van der Waals surface area contributed by atoms with Gasteiger partial charge in [-0.2, -0.15) is 0 Å². The van der Waals surface area contributed by atoms with Crippen molar-refractivity contribution in [1.82, 2.24) is 0 Å². The average molecular weight is 751 g/mol. The standard InChI is InChI=1S/C22H16O5.C21H12O6.C2H6/c1-2-12-3-6-15(18(9-12)22(25)26)21-16-7-4-13(23)10-19(16)27-20-11-14(24)5-8-17(20)21;22-10-11-1-4-14(17(7-11)21(25)26)20-15-5-2-12(23)8-18(15)27-19-9-13(24)3-6-16(19)20;1-2/h3-11,23H,2H2,1H3,(H,25,26);1-10,23H,(H,25,26);1-2H3. The summed E-state index contributed by atoms with van der Waals surface area (Å²) in [5.41, 5.74) is 4.81. The molecule has 4 aromatic carbocycles. The number of phenolic OH excluding ortho intramolecular Hbond substituents is 2. The summed E-state index contributed by atoms with van der Waals surface area (Å²) in [6.07, 6.45) is 1.30. The van der Waals surface area contributed by atoms with Crippen LogP contribution in [0.25, 0.3) is 66.8 Å². The van der Waals surface area contributed by atoms with E-state index in [-0.39, 0.29) is 44.8 Å². The molecule has 0 radical (unpaired) electrons. The lowest BCUT2D eigenvalue weighted by atomic mass is 9.89. The Kier molecular flexibility index (Phi) is 10.8. The van der Waals surface area contributed by atoms with Gasteiger partial charge in [0.1, 0.15) is 40.5 Å². The Labute approximate surface area is 318 Å². The molecule has 0 saturated heterocycles. The van der Waals surface area contributed by atoms with Gasteiger partial charge < -0.3 is 29.3 Å². The second-order valence-electron chi connectivity index (χ2n) is 12.4. The lowest BCUT2D eigenvalue weighted by Crippen LogP contribution is -2.04. The monoisotopic (exact) mass is 750 g/mol. The van der Waals surface area contributed by atoms with E-state index in [1.807, 2.05) is 26.8 Å². The number of aryl methyl sites for hydroxylation is 1. The second-order valence-corrected chi connectivity index (χ2v) is 12.4. The minimum atomic E-state index is -1.19. The van der Waals surface area contributed by atoms with E-state index in [4.69, 9.17) is 8.83 Å². The van der Waals surface area contributed by atoms with Crippen LogP contribution in [0.4, 0.5) is 0 Å².